The minimum Gasteiger partial charge on any atom is -0.380 e. The molecule has 0 aliphatic carbocycles. The van der Waals surface area contributed by atoms with Crippen LogP contribution in [0.2, 0.25) is 0 Å². The van der Waals surface area contributed by atoms with Crippen molar-refractivity contribution in [2.75, 3.05) is 32.8 Å². The maximum Gasteiger partial charge on any atom is 0.225 e. The molecule has 0 saturated carbocycles. The summed E-state index contributed by atoms with van der Waals surface area (Å²) in [5.41, 5.74) is 0.187. The van der Waals surface area contributed by atoms with Gasteiger partial charge >= 0.3 is 0 Å². The quantitative estimate of drug-likeness (QED) is 0.613. The largest absolute Gasteiger partial charge is 0.380 e. The molecule has 0 atom stereocenters. The number of carbonyl (C=O) groups excluding carboxylic acids is 1. The molecule has 2 aliphatic rings. The summed E-state index contributed by atoms with van der Waals surface area (Å²) in [6.45, 7) is 6.10. The Hall–Kier alpha value is -0.610. The van der Waals surface area contributed by atoms with E-state index in [-0.39, 0.29) is 17.2 Å². The fourth-order valence-electron chi connectivity index (χ4n) is 1.47. The van der Waals surface area contributed by atoms with Crippen molar-refractivity contribution in [2.45, 2.75) is 6.92 Å². The van der Waals surface area contributed by atoms with Gasteiger partial charge in [-0.2, -0.15) is 0 Å². The van der Waals surface area contributed by atoms with Gasteiger partial charge in [0.25, 0.3) is 0 Å². The molecule has 0 bridgehead atoms. The van der Waals surface area contributed by atoms with Gasteiger partial charge in [0.15, 0.2) is 0 Å². The van der Waals surface area contributed by atoms with Crippen LogP contribution in [-0.2, 0) is 9.53 Å². The number of hydrogen-bond donors (Lipinski definition) is 2. The highest BCUT2D eigenvalue weighted by Gasteiger charge is 2.34. The van der Waals surface area contributed by atoms with E-state index in [9.17, 15) is 4.79 Å². The van der Waals surface area contributed by atoms with Gasteiger partial charge in [-0.1, -0.05) is 6.92 Å². The number of amides is 1. The second-order valence-electron chi connectivity index (χ2n) is 4.38. The Balaban J connectivity index is 1.69. The summed E-state index contributed by atoms with van der Waals surface area (Å²) in [6.07, 6.45) is 0. The summed E-state index contributed by atoms with van der Waals surface area (Å²) in [5, 5.41) is 6.05. The molecule has 2 saturated heterocycles. The molecular weight excluding hydrogens is 168 g/mol. The topological polar surface area (TPSA) is 50.4 Å². The normalized spacial score (nSPS) is 25.9. The molecule has 0 radical (unpaired) electrons. The minimum atomic E-state index is 0.187. The van der Waals surface area contributed by atoms with Crippen LogP contribution in [0.25, 0.3) is 0 Å². The van der Waals surface area contributed by atoms with Crippen molar-refractivity contribution in [3.8, 4) is 0 Å². The van der Waals surface area contributed by atoms with Gasteiger partial charge in [0.05, 0.1) is 19.1 Å². The van der Waals surface area contributed by atoms with Crippen LogP contribution in [-0.4, -0.2) is 38.8 Å². The fraction of sp³-hybridized carbons (Fsp3) is 0.889. The highest BCUT2D eigenvalue weighted by atomic mass is 16.5. The zero-order chi connectivity index (χ0) is 9.31. The second kappa shape index (κ2) is 3.27. The lowest BCUT2D eigenvalue weighted by Crippen LogP contribution is -2.54. The molecule has 0 spiro atoms. The van der Waals surface area contributed by atoms with Crippen molar-refractivity contribution in [2.24, 2.45) is 11.3 Å². The molecule has 2 heterocycles. The van der Waals surface area contributed by atoms with Crippen molar-refractivity contribution >= 4 is 5.91 Å². The van der Waals surface area contributed by atoms with Gasteiger partial charge in [0.2, 0.25) is 5.91 Å². The lowest BCUT2D eigenvalue weighted by atomic mass is 9.88. The third kappa shape index (κ3) is 1.84. The first-order chi connectivity index (χ1) is 6.20. The van der Waals surface area contributed by atoms with Crippen LogP contribution in [0.4, 0.5) is 0 Å². The molecule has 13 heavy (non-hydrogen) atoms. The molecule has 4 heteroatoms. The van der Waals surface area contributed by atoms with Crippen LogP contribution in [0.15, 0.2) is 0 Å². The van der Waals surface area contributed by atoms with Crippen molar-refractivity contribution < 1.29 is 9.53 Å². The fourth-order valence-corrected chi connectivity index (χ4v) is 1.47. The monoisotopic (exact) mass is 184 g/mol. The molecule has 0 aromatic rings. The van der Waals surface area contributed by atoms with E-state index in [4.69, 9.17) is 4.74 Å². The average Bonchev–Trinajstić information content (AvgIpc) is 1.94. The predicted octanol–water partition coefficient (Wildman–Crippen LogP) is -0.641. The number of carbonyl (C=O) groups is 1. The van der Waals surface area contributed by atoms with E-state index in [0.29, 0.717) is 0 Å². The van der Waals surface area contributed by atoms with Crippen molar-refractivity contribution in [3.05, 3.63) is 0 Å². The van der Waals surface area contributed by atoms with Gasteiger partial charge in [-0.3, -0.25) is 4.79 Å². The van der Waals surface area contributed by atoms with Gasteiger partial charge in [-0.25, -0.2) is 0 Å². The summed E-state index contributed by atoms with van der Waals surface area (Å²) < 4.78 is 5.11. The number of ether oxygens (including phenoxy) is 1. The Labute approximate surface area is 78.0 Å². The van der Waals surface area contributed by atoms with E-state index < -0.39 is 0 Å². The molecule has 74 valence electrons. The van der Waals surface area contributed by atoms with Gasteiger partial charge in [-0.05, 0) is 0 Å². The summed E-state index contributed by atoms with van der Waals surface area (Å²) in [7, 11) is 0. The summed E-state index contributed by atoms with van der Waals surface area (Å²) in [4.78, 5) is 11.4. The molecule has 1 amide bonds. The van der Waals surface area contributed by atoms with E-state index in [1.807, 2.05) is 0 Å². The van der Waals surface area contributed by atoms with Gasteiger partial charge in [0.1, 0.15) is 0 Å². The van der Waals surface area contributed by atoms with Crippen LogP contribution in [0.3, 0.4) is 0 Å². The molecule has 0 aromatic heterocycles. The number of hydrogen-bond acceptors (Lipinski definition) is 3. The van der Waals surface area contributed by atoms with Crippen LogP contribution in [0.5, 0.6) is 0 Å². The van der Waals surface area contributed by atoms with Crippen molar-refractivity contribution in [1.82, 2.24) is 10.6 Å². The van der Waals surface area contributed by atoms with E-state index >= 15 is 0 Å². The molecule has 2 rings (SSSR count). The van der Waals surface area contributed by atoms with Crippen LogP contribution < -0.4 is 10.6 Å². The summed E-state index contributed by atoms with van der Waals surface area (Å²) >= 11 is 0. The number of nitrogens with one attached hydrogen (secondary N) is 2. The Morgan fingerprint density at radius 2 is 2.31 bits per heavy atom. The SMILES string of the molecule is CC1(CNC(=O)C2CNC2)COC1. The van der Waals surface area contributed by atoms with Crippen molar-refractivity contribution in [1.29, 1.82) is 0 Å². The zero-order valence-corrected chi connectivity index (χ0v) is 7.93. The van der Waals surface area contributed by atoms with Crippen molar-refractivity contribution in [3.63, 3.8) is 0 Å². The van der Waals surface area contributed by atoms with E-state index in [1.54, 1.807) is 0 Å². The lowest BCUT2D eigenvalue weighted by molar-refractivity contribution is -0.131. The summed E-state index contributed by atoms with van der Waals surface area (Å²) in [6, 6.07) is 0. The lowest BCUT2D eigenvalue weighted by Gasteiger charge is -2.38. The molecule has 0 aromatic carbocycles. The highest BCUT2D eigenvalue weighted by Crippen LogP contribution is 2.25. The summed E-state index contributed by atoms with van der Waals surface area (Å²) in [5.74, 6) is 0.386. The molecule has 2 aliphatic heterocycles. The number of rotatable bonds is 3. The maximum atomic E-state index is 11.4. The smallest absolute Gasteiger partial charge is 0.225 e. The molecule has 0 unspecified atom stereocenters. The molecule has 4 nitrogen and oxygen atoms in total. The molecular formula is C9H16N2O2. The first-order valence-electron chi connectivity index (χ1n) is 4.76. The maximum absolute atomic E-state index is 11.4. The van der Waals surface area contributed by atoms with E-state index in [0.717, 1.165) is 32.8 Å². The third-order valence-corrected chi connectivity index (χ3v) is 2.74. The molecule has 2 N–H and O–H groups in total. The Kier molecular flexibility index (Phi) is 2.26. The predicted molar refractivity (Wildman–Crippen MR) is 48.3 cm³/mol. The first kappa shape index (κ1) is 8.97. The molecule has 2 fully saturated rings. The Morgan fingerprint density at radius 1 is 1.62 bits per heavy atom. The van der Waals surface area contributed by atoms with Gasteiger partial charge in [-0.15, -0.1) is 0 Å². The Bertz CT molecular complexity index is 210. The zero-order valence-electron chi connectivity index (χ0n) is 7.93. The van der Waals surface area contributed by atoms with Gasteiger partial charge in [0, 0.05) is 25.0 Å². The standard InChI is InChI=1S/C9H16N2O2/c1-9(5-13-6-9)4-11-8(12)7-2-10-3-7/h7,10H,2-6H2,1H3,(H,11,12). The second-order valence-corrected chi connectivity index (χ2v) is 4.38. The third-order valence-electron chi connectivity index (χ3n) is 2.74. The first-order valence-corrected chi connectivity index (χ1v) is 4.76. The van der Waals surface area contributed by atoms with Crippen LogP contribution >= 0.6 is 0 Å². The van der Waals surface area contributed by atoms with Gasteiger partial charge < -0.3 is 15.4 Å². The Morgan fingerprint density at radius 3 is 2.69 bits per heavy atom. The van der Waals surface area contributed by atoms with E-state index in [2.05, 4.69) is 17.6 Å². The average molecular weight is 184 g/mol. The minimum absolute atomic E-state index is 0.187. The van der Waals surface area contributed by atoms with E-state index in [1.165, 1.54) is 0 Å². The highest BCUT2D eigenvalue weighted by molar-refractivity contribution is 5.80. The van der Waals surface area contributed by atoms with Crippen LogP contribution in [0.1, 0.15) is 6.92 Å². The van der Waals surface area contributed by atoms with Crippen LogP contribution in [0, 0.1) is 11.3 Å².